The molecule has 0 spiro atoms. The van der Waals surface area contributed by atoms with Gasteiger partial charge in [0.15, 0.2) is 0 Å². The molecule has 5 nitrogen and oxygen atoms in total. The van der Waals surface area contributed by atoms with E-state index in [4.69, 9.17) is 4.74 Å². The maximum atomic E-state index is 5.38. The molecule has 0 fully saturated rings. The molecule has 19 heavy (non-hydrogen) atoms. The molecule has 102 valence electrons. The van der Waals surface area contributed by atoms with E-state index in [0.717, 1.165) is 24.5 Å². The third kappa shape index (κ3) is 3.47. The van der Waals surface area contributed by atoms with Crippen LogP contribution in [-0.2, 0) is 20.0 Å². The number of hydrogen-bond donors (Lipinski definition) is 1. The van der Waals surface area contributed by atoms with Gasteiger partial charge in [0.25, 0.3) is 0 Å². The van der Waals surface area contributed by atoms with E-state index in [2.05, 4.69) is 22.3 Å². The minimum Gasteiger partial charge on any atom is -0.478 e. The number of rotatable bonds is 6. The Morgan fingerprint density at radius 2 is 2.16 bits per heavy atom. The van der Waals surface area contributed by atoms with Crippen LogP contribution < -0.4 is 10.1 Å². The van der Waals surface area contributed by atoms with E-state index >= 15 is 0 Å². The molecule has 2 heterocycles. The van der Waals surface area contributed by atoms with Crippen molar-refractivity contribution in [1.82, 2.24) is 14.8 Å². The van der Waals surface area contributed by atoms with Crippen molar-refractivity contribution in [2.45, 2.75) is 26.8 Å². The highest BCUT2D eigenvalue weighted by Gasteiger charge is 2.06. The highest BCUT2D eigenvalue weighted by Crippen LogP contribution is 2.14. The fraction of sp³-hybridized carbons (Fsp3) is 0.429. The molecule has 5 heteroatoms. The summed E-state index contributed by atoms with van der Waals surface area (Å²) in [7, 11) is 1.94. The lowest BCUT2D eigenvalue weighted by atomic mass is 10.2. The normalized spacial score (nSPS) is 10.5. The first-order valence-electron chi connectivity index (χ1n) is 6.58. The van der Waals surface area contributed by atoms with Gasteiger partial charge >= 0.3 is 0 Å². The van der Waals surface area contributed by atoms with Gasteiger partial charge in [-0.1, -0.05) is 13.0 Å². The molecule has 0 bridgehead atoms. The summed E-state index contributed by atoms with van der Waals surface area (Å²) in [6, 6.07) is 5.73. The molecule has 0 unspecified atom stereocenters. The lowest BCUT2D eigenvalue weighted by Crippen LogP contribution is -2.03. The minimum absolute atomic E-state index is 0.624. The summed E-state index contributed by atoms with van der Waals surface area (Å²) in [5.41, 5.74) is 2.32. The Bertz CT molecular complexity index is 536. The molecule has 0 atom stereocenters. The van der Waals surface area contributed by atoms with Crippen LogP contribution in [0.1, 0.15) is 25.1 Å². The van der Waals surface area contributed by atoms with Crippen molar-refractivity contribution < 1.29 is 4.74 Å². The molecule has 0 saturated heterocycles. The first-order valence-corrected chi connectivity index (χ1v) is 6.58. The highest BCUT2D eigenvalue weighted by molar-refractivity contribution is 5.38. The summed E-state index contributed by atoms with van der Waals surface area (Å²) >= 11 is 0. The molecule has 0 aliphatic rings. The van der Waals surface area contributed by atoms with Crippen molar-refractivity contribution in [3.63, 3.8) is 0 Å². The van der Waals surface area contributed by atoms with Gasteiger partial charge in [-0.2, -0.15) is 10.1 Å². The average molecular weight is 260 g/mol. The van der Waals surface area contributed by atoms with E-state index in [1.54, 1.807) is 0 Å². The van der Waals surface area contributed by atoms with Crippen LogP contribution in [0.4, 0.5) is 5.82 Å². The monoisotopic (exact) mass is 260 g/mol. The fourth-order valence-corrected chi connectivity index (χ4v) is 1.96. The summed E-state index contributed by atoms with van der Waals surface area (Å²) in [6.45, 7) is 5.41. The zero-order valence-corrected chi connectivity index (χ0v) is 11.7. The van der Waals surface area contributed by atoms with Crippen LogP contribution in [0.15, 0.2) is 24.4 Å². The van der Waals surface area contributed by atoms with Crippen molar-refractivity contribution in [1.29, 1.82) is 0 Å². The van der Waals surface area contributed by atoms with Gasteiger partial charge in [-0.15, -0.1) is 0 Å². The molecule has 2 aromatic heterocycles. The van der Waals surface area contributed by atoms with Gasteiger partial charge in [0, 0.05) is 31.4 Å². The summed E-state index contributed by atoms with van der Waals surface area (Å²) in [5.74, 6) is 1.46. The van der Waals surface area contributed by atoms with Crippen LogP contribution in [0.2, 0.25) is 0 Å². The quantitative estimate of drug-likeness (QED) is 0.866. The SMILES string of the molecule is CCOc1cccc(NCc2cn(C)nc2CC)n1. The van der Waals surface area contributed by atoms with E-state index in [1.165, 1.54) is 5.56 Å². The molecule has 0 aliphatic carbocycles. The van der Waals surface area contributed by atoms with E-state index in [0.29, 0.717) is 12.5 Å². The summed E-state index contributed by atoms with van der Waals surface area (Å²) < 4.78 is 7.23. The molecular formula is C14H20N4O. The number of ether oxygens (including phenoxy) is 1. The van der Waals surface area contributed by atoms with E-state index < -0.39 is 0 Å². The zero-order chi connectivity index (χ0) is 13.7. The van der Waals surface area contributed by atoms with Crippen LogP contribution in [0, 0.1) is 0 Å². The van der Waals surface area contributed by atoms with Crippen molar-refractivity contribution in [2.75, 3.05) is 11.9 Å². The average Bonchev–Trinajstić information content (AvgIpc) is 2.78. The Morgan fingerprint density at radius 3 is 2.89 bits per heavy atom. The number of hydrogen-bond acceptors (Lipinski definition) is 4. The third-order valence-corrected chi connectivity index (χ3v) is 2.80. The first-order chi connectivity index (χ1) is 9.22. The van der Waals surface area contributed by atoms with Gasteiger partial charge in [0.2, 0.25) is 5.88 Å². The minimum atomic E-state index is 0.624. The molecule has 0 aromatic carbocycles. The molecule has 0 amide bonds. The second-order valence-corrected chi connectivity index (χ2v) is 4.28. The van der Waals surface area contributed by atoms with E-state index in [9.17, 15) is 0 Å². The molecule has 2 rings (SSSR count). The summed E-state index contributed by atoms with van der Waals surface area (Å²) in [5, 5.41) is 7.72. The Morgan fingerprint density at radius 1 is 1.32 bits per heavy atom. The fourth-order valence-electron chi connectivity index (χ4n) is 1.96. The molecule has 0 saturated carbocycles. The van der Waals surface area contributed by atoms with Gasteiger partial charge in [-0.3, -0.25) is 4.68 Å². The van der Waals surface area contributed by atoms with Gasteiger partial charge in [-0.05, 0) is 19.4 Å². The molecule has 0 radical (unpaired) electrons. The van der Waals surface area contributed by atoms with Crippen molar-refractivity contribution in [3.05, 3.63) is 35.7 Å². The van der Waals surface area contributed by atoms with Crippen LogP contribution in [-0.4, -0.2) is 21.4 Å². The Hall–Kier alpha value is -2.04. The van der Waals surface area contributed by atoms with Crippen LogP contribution in [0.5, 0.6) is 5.88 Å². The molecular weight excluding hydrogens is 240 g/mol. The number of nitrogens with one attached hydrogen (secondary N) is 1. The van der Waals surface area contributed by atoms with Crippen molar-refractivity contribution in [3.8, 4) is 5.88 Å². The van der Waals surface area contributed by atoms with Crippen LogP contribution in [0.3, 0.4) is 0 Å². The second-order valence-electron chi connectivity index (χ2n) is 4.28. The zero-order valence-electron chi connectivity index (χ0n) is 11.7. The molecule has 0 aliphatic heterocycles. The third-order valence-electron chi connectivity index (χ3n) is 2.80. The largest absolute Gasteiger partial charge is 0.478 e. The van der Waals surface area contributed by atoms with Crippen LogP contribution in [0.25, 0.3) is 0 Å². The Labute approximate surface area is 113 Å². The van der Waals surface area contributed by atoms with E-state index in [1.807, 2.05) is 43.0 Å². The standard InChI is InChI=1S/C14H20N4O/c1-4-12-11(10-18(3)17-12)9-15-13-7-6-8-14(16-13)19-5-2/h6-8,10H,4-5,9H2,1-3H3,(H,15,16). The Balaban J connectivity index is 2.03. The van der Waals surface area contributed by atoms with Gasteiger partial charge < -0.3 is 10.1 Å². The number of pyridine rings is 1. The number of aryl methyl sites for hydroxylation is 2. The summed E-state index contributed by atoms with van der Waals surface area (Å²) in [4.78, 5) is 4.38. The van der Waals surface area contributed by atoms with E-state index in [-0.39, 0.29) is 0 Å². The number of anilines is 1. The van der Waals surface area contributed by atoms with Crippen LogP contribution >= 0.6 is 0 Å². The molecule has 2 aromatic rings. The lowest BCUT2D eigenvalue weighted by Gasteiger charge is -2.07. The molecule has 1 N–H and O–H groups in total. The Kier molecular flexibility index (Phi) is 4.39. The first kappa shape index (κ1) is 13.4. The van der Waals surface area contributed by atoms with Gasteiger partial charge in [0.1, 0.15) is 5.82 Å². The van der Waals surface area contributed by atoms with Crippen molar-refractivity contribution in [2.24, 2.45) is 7.05 Å². The topological polar surface area (TPSA) is 52.0 Å². The van der Waals surface area contributed by atoms with Gasteiger partial charge in [0.05, 0.1) is 12.3 Å². The predicted molar refractivity (Wildman–Crippen MR) is 75.3 cm³/mol. The lowest BCUT2D eigenvalue weighted by molar-refractivity contribution is 0.327. The smallest absolute Gasteiger partial charge is 0.215 e. The number of nitrogens with zero attached hydrogens (tertiary/aromatic N) is 3. The van der Waals surface area contributed by atoms with Crippen molar-refractivity contribution >= 4 is 5.82 Å². The maximum Gasteiger partial charge on any atom is 0.215 e. The number of aromatic nitrogens is 3. The highest BCUT2D eigenvalue weighted by atomic mass is 16.5. The van der Waals surface area contributed by atoms with Gasteiger partial charge in [-0.25, -0.2) is 0 Å². The predicted octanol–water partition coefficient (Wildman–Crippen LogP) is 2.39. The maximum absolute atomic E-state index is 5.38. The summed E-state index contributed by atoms with van der Waals surface area (Å²) in [6.07, 6.45) is 2.97. The second kappa shape index (κ2) is 6.22.